The molecule has 0 N–H and O–H groups in total. The minimum Gasteiger partial charge on any atom is -0.478 e. The van der Waals surface area contributed by atoms with E-state index in [4.69, 9.17) is 9.47 Å². The van der Waals surface area contributed by atoms with Gasteiger partial charge in [0.1, 0.15) is 17.9 Å². The summed E-state index contributed by atoms with van der Waals surface area (Å²) in [5.74, 6) is 0.184. The van der Waals surface area contributed by atoms with E-state index in [1.165, 1.54) is 6.92 Å². The molecule has 0 radical (unpaired) electrons. The lowest BCUT2D eigenvalue weighted by Gasteiger charge is -2.47. The molecule has 23 heavy (non-hydrogen) atoms. The molecule has 0 saturated carbocycles. The van der Waals surface area contributed by atoms with E-state index in [-0.39, 0.29) is 17.9 Å². The SMILES string of the molecule is C=CC1=CCN2C(=O)[C@H](Oc3ccccc3)[C@@H]2[C@H](OC(C)=O)C1. The van der Waals surface area contributed by atoms with Gasteiger partial charge in [-0.15, -0.1) is 0 Å². The van der Waals surface area contributed by atoms with Crippen LogP contribution in [0, 0.1) is 0 Å². The second-order valence-corrected chi connectivity index (χ2v) is 5.67. The highest BCUT2D eigenvalue weighted by molar-refractivity contribution is 5.89. The summed E-state index contributed by atoms with van der Waals surface area (Å²) in [6.07, 6.45) is 3.16. The maximum Gasteiger partial charge on any atom is 0.302 e. The molecule has 1 aromatic carbocycles. The van der Waals surface area contributed by atoms with Crippen LogP contribution in [0.3, 0.4) is 0 Å². The molecule has 1 fully saturated rings. The second-order valence-electron chi connectivity index (χ2n) is 5.67. The van der Waals surface area contributed by atoms with Gasteiger partial charge in [-0.25, -0.2) is 0 Å². The average molecular weight is 313 g/mol. The first-order valence-corrected chi connectivity index (χ1v) is 7.61. The quantitative estimate of drug-likeness (QED) is 0.631. The number of ether oxygens (including phenoxy) is 2. The van der Waals surface area contributed by atoms with Crippen LogP contribution in [0.2, 0.25) is 0 Å². The van der Waals surface area contributed by atoms with E-state index in [1.807, 2.05) is 24.3 Å². The summed E-state index contributed by atoms with van der Waals surface area (Å²) in [4.78, 5) is 25.5. The average Bonchev–Trinajstić information content (AvgIpc) is 2.70. The number of hydrogen-bond acceptors (Lipinski definition) is 4. The maximum absolute atomic E-state index is 12.4. The van der Waals surface area contributed by atoms with Crippen molar-refractivity contribution in [3.8, 4) is 5.75 Å². The molecule has 2 heterocycles. The molecule has 0 spiro atoms. The molecular weight excluding hydrogens is 294 g/mol. The first kappa shape index (κ1) is 15.3. The van der Waals surface area contributed by atoms with Crippen molar-refractivity contribution in [3.05, 3.63) is 54.6 Å². The molecular formula is C18H19NO4. The van der Waals surface area contributed by atoms with E-state index in [9.17, 15) is 9.59 Å². The van der Waals surface area contributed by atoms with E-state index < -0.39 is 12.2 Å². The van der Waals surface area contributed by atoms with Crippen LogP contribution in [-0.2, 0) is 14.3 Å². The minimum absolute atomic E-state index is 0.0856. The van der Waals surface area contributed by atoms with Gasteiger partial charge in [0.25, 0.3) is 5.91 Å². The molecule has 3 atom stereocenters. The Labute approximate surface area is 135 Å². The number of para-hydroxylation sites is 1. The molecule has 5 heteroatoms. The number of nitrogens with zero attached hydrogens (tertiary/aromatic N) is 1. The van der Waals surface area contributed by atoms with Crippen LogP contribution < -0.4 is 4.74 Å². The Bertz CT molecular complexity index is 652. The zero-order chi connectivity index (χ0) is 16.4. The third kappa shape index (κ3) is 2.99. The van der Waals surface area contributed by atoms with Crippen molar-refractivity contribution >= 4 is 11.9 Å². The lowest BCUT2D eigenvalue weighted by Crippen LogP contribution is -2.70. The Hall–Kier alpha value is -2.56. The van der Waals surface area contributed by atoms with Crippen molar-refractivity contribution in [1.82, 2.24) is 4.90 Å². The van der Waals surface area contributed by atoms with E-state index in [2.05, 4.69) is 6.58 Å². The summed E-state index contributed by atoms with van der Waals surface area (Å²) >= 11 is 0. The number of benzene rings is 1. The first-order chi connectivity index (χ1) is 11.1. The normalized spacial score (nSPS) is 26.3. The van der Waals surface area contributed by atoms with Crippen molar-refractivity contribution in [1.29, 1.82) is 0 Å². The summed E-state index contributed by atoms with van der Waals surface area (Å²) in [5.41, 5.74) is 0.969. The predicted molar refractivity (Wildman–Crippen MR) is 84.8 cm³/mol. The number of hydrogen-bond donors (Lipinski definition) is 0. The van der Waals surface area contributed by atoms with Crippen molar-refractivity contribution in [2.45, 2.75) is 31.6 Å². The Morgan fingerprint density at radius 2 is 2.09 bits per heavy atom. The third-order valence-corrected chi connectivity index (χ3v) is 4.15. The summed E-state index contributed by atoms with van der Waals surface area (Å²) in [6, 6.07) is 8.92. The molecule has 1 aromatic rings. The van der Waals surface area contributed by atoms with Crippen LogP contribution in [0.25, 0.3) is 0 Å². The van der Waals surface area contributed by atoms with Crippen LogP contribution in [-0.4, -0.2) is 41.6 Å². The first-order valence-electron chi connectivity index (χ1n) is 7.61. The Morgan fingerprint density at radius 3 is 2.74 bits per heavy atom. The highest BCUT2D eigenvalue weighted by Crippen LogP contribution is 2.34. The predicted octanol–water partition coefficient (Wildman–Crippen LogP) is 2.09. The van der Waals surface area contributed by atoms with Crippen LogP contribution >= 0.6 is 0 Å². The minimum atomic E-state index is -0.626. The van der Waals surface area contributed by atoms with Crippen LogP contribution in [0.1, 0.15) is 13.3 Å². The van der Waals surface area contributed by atoms with Crippen molar-refractivity contribution in [2.24, 2.45) is 0 Å². The number of esters is 1. The van der Waals surface area contributed by atoms with E-state index in [1.54, 1.807) is 23.1 Å². The van der Waals surface area contributed by atoms with Gasteiger partial charge < -0.3 is 14.4 Å². The zero-order valence-electron chi connectivity index (χ0n) is 13.0. The van der Waals surface area contributed by atoms with Gasteiger partial charge in [-0.2, -0.15) is 0 Å². The van der Waals surface area contributed by atoms with E-state index in [0.29, 0.717) is 18.7 Å². The third-order valence-electron chi connectivity index (χ3n) is 4.15. The highest BCUT2D eigenvalue weighted by atomic mass is 16.6. The van der Waals surface area contributed by atoms with Gasteiger partial charge >= 0.3 is 5.97 Å². The molecule has 3 rings (SSSR count). The van der Waals surface area contributed by atoms with Crippen LogP contribution in [0.15, 0.2) is 54.6 Å². The number of amides is 1. The van der Waals surface area contributed by atoms with E-state index in [0.717, 1.165) is 5.57 Å². The Kier molecular flexibility index (Phi) is 4.19. The molecule has 0 aromatic heterocycles. The largest absolute Gasteiger partial charge is 0.478 e. The van der Waals surface area contributed by atoms with Crippen LogP contribution in [0.5, 0.6) is 5.75 Å². The van der Waals surface area contributed by atoms with Crippen molar-refractivity contribution < 1.29 is 19.1 Å². The number of allylic oxidation sites excluding steroid dienone is 1. The molecule has 0 aliphatic carbocycles. The van der Waals surface area contributed by atoms with E-state index >= 15 is 0 Å². The van der Waals surface area contributed by atoms with Gasteiger partial charge in [0, 0.05) is 19.9 Å². The highest BCUT2D eigenvalue weighted by Gasteiger charge is 2.54. The lowest BCUT2D eigenvalue weighted by atomic mass is 9.90. The van der Waals surface area contributed by atoms with Gasteiger partial charge in [0.2, 0.25) is 6.10 Å². The number of rotatable bonds is 4. The van der Waals surface area contributed by atoms with Crippen molar-refractivity contribution in [2.75, 3.05) is 6.54 Å². The summed E-state index contributed by atoms with van der Waals surface area (Å²) < 4.78 is 11.3. The fourth-order valence-corrected chi connectivity index (χ4v) is 3.05. The molecule has 120 valence electrons. The second kappa shape index (κ2) is 6.28. The maximum atomic E-state index is 12.4. The monoisotopic (exact) mass is 313 g/mol. The molecule has 0 unspecified atom stereocenters. The molecule has 1 amide bonds. The smallest absolute Gasteiger partial charge is 0.302 e. The summed E-state index contributed by atoms with van der Waals surface area (Å²) in [6.45, 7) is 5.63. The number of carbonyl (C=O) groups excluding carboxylic acids is 2. The fourth-order valence-electron chi connectivity index (χ4n) is 3.05. The molecule has 1 saturated heterocycles. The van der Waals surface area contributed by atoms with Gasteiger partial charge in [-0.1, -0.05) is 36.9 Å². The topological polar surface area (TPSA) is 55.8 Å². The summed E-state index contributed by atoms with van der Waals surface area (Å²) in [5, 5.41) is 0. The van der Waals surface area contributed by atoms with Gasteiger partial charge in [-0.05, 0) is 17.7 Å². The number of β-lactam (4-membered cyclic amide) rings is 1. The van der Waals surface area contributed by atoms with Crippen molar-refractivity contribution in [3.63, 3.8) is 0 Å². The van der Waals surface area contributed by atoms with Crippen LogP contribution in [0.4, 0.5) is 0 Å². The number of fused-ring (bicyclic) bond motifs is 1. The fraction of sp³-hybridized carbons (Fsp3) is 0.333. The van der Waals surface area contributed by atoms with Gasteiger partial charge in [0.15, 0.2) is 0 Å². The molecule has 2 aliphatic rings. The van der Waals surface area contributed by atoms with Gasteiger partial charge in [0.05, 0.1) is 0 Å². The Morgan fingerprint density at radius 1 is 1.35 bits per heavy atom. The lowest BCUT2D eigenvalue weighted by molar-refractivity contribution is -0.179. The molecule has 2 aliphatic heterocycles. The molecule has 5 nitrogen and oxygen atoms in total. The Balaban J connectivity index is 1.82. The standard InChI is InChI=1S/C18H19NO4/c1-3-13-9-10-19-16(15(11-13)22-12(2)20)17(18(19)21)23-14-7-5-4-6-8-14/h3-9,15-17H,1,10-11H2,2H3/t15-,16+,17-/m1/s1. The van der Waals surface area contributed by atoms with Gasteiger partial charge in [-0.3, -0.25) is 9.59 Å². The zero-order valence-corrected chi connectivity index (χ0v) is 13.0. The molecule has 0 bridgehead atoms. The summed E-state index contributed by atoms with van der Waals surface area (Å²) in [7, 11) is 0. The number of carbonyl (C=O) groups is 2.